The summed E-state index contributed by atoms with van der Waals surface area (Å²) in [5.41, 5.74) is 1.10. The van der Waals surface area contributed by atoms with Gasteiger partial charge >= 0.3 is 0 Å². The average Bonchev–Trinajstić information content (AvgIpc) is 2.08. The largest absolute Gasteiger partial charge is 0.298 e. The molecule has 0 spiro atoms. The van der Waals surface area contributed by atoms with Gasteiger partial charge in [0.15, 0.2) is 0 Å². The fourth-order valence-electron chi connectivity index (χ4n) is 0.556. The summed E-state index contributed by atoms with van der Waals surface area (Å²) in [6.07, 6.45) is 6.87. The number of aryl methyl sites for hydroxylation is 1. The first-order chi connectivity index (χ1) is 5.81. The zero-order chi connectivity index (χ0) is 9.23. The van der Waals surface area contributed by atoms with Crippen LogP contribution in [0.1, 0.15) is 19.4 Å². The van der Waals surface area contributed by atoms with Crippen molar-refractivity contribution in [2.45, 2.75) is 20.8 Å². The molecule has 0 unspecified atom stereocenters. The maximum Gasteiger partial charge on any atom is 0.115 e. The van der Waals surface area contributed by atoms with E-state index in [9.17, 15) is 0 Å². The SMILES string of the molecule is CC=NCC.Cc1cncnc1. The Morgan fingerprint density at radius 3 is 2.17 bits per heavy atom. The highest BCUT2D eigenvalue weighted by Crippen LogP contribution is 1.84. The summed E-state index contributed by atoms with van der Waals surface area (Å²) in [4.78, 5) is 11.4. The predicted molar refractivity (Wildman–Crippen MR) is 51.5 cm³/mol. The smallest absolute Gasteiger partial charge is 0.115 e. The standard InChI is InChI=1S/C5H6N2.C4H9N/c1-5-2-6-4-7-3-5;1-3-5-4-2/h2-4H,1H3;3H,4H2,1-2H3. The molecule has 3 nitrogen and oxygen atoms in total. The maximum absolute atomic E-state index is 3.85. The number of nitrogens with zero attached hydrogens (tertiary/aromatic N) is 3. The quantitative estimate of drug-likeness (QED) is 0.596. The molecule has 0 atom stereocenters. The summed E-state index contributed by atoms with van der Waals surface area (Å²) in [6.45, 7) is 6.81. The van der Waals surface area contributed by atoms with Crippen molar-refractivity contribution in [3.05, 3.63) is 24.3 Å². The van der Waals surface area contributed by atoms with Crippen LogP contribution in [0.4, 0.5) is 0 Å². The average molecular weight is 165 g/mol. The molecule has 12 heavy (non-hydrogen) atoms. The van der Waals surface area contributed by atoms with Crippen LogP contribution in [0.5, 0.6) is 0 Å². The summed E-state index contributed by atoms with van der Waals surface area (Å²) in [6, 6.07) is 0. The number of hydrogen-bond donors (Lipinski definition) is 0. The summed E-state index contributed by atoms with van der Waals surface area (Å²) >= 11 is 0. The fourth-order valence-corrected chi connectivity index (χ4v) is 0.556. The van der Waals surface area contributed by atoms with Gasteiger partial charge < -0.3 is 0 Å². The van der Waals surface area contributed by atoms with Crippen LogP contribution in [0.15, 0.2) is 23.7 Å². The van der Waals surface area contributed by atoms with E-state index in [1.54, 1.807) is 18.6 Å². The summed E-state index contributed by atoms with van der Waals surface area (Å²) in [5.74, 6) is 0. The van der Waals surface area contributed by atoms with Gasteiger partial charge in [-0.2, -0.15) is 0 Å². The Morgan fingerprint density at radius 1 is 1.42 bits per heavy atom. The van der Waals surface area contributed by atoms with Crippen LogP contribution in [0, 0.1) is 6.92 Å². The van der Waals surface area contributed by atoms with Crippen molar-refractivity contribution in [3.8, 4) is 0 Å². The molecule has 1 heterocycles. The lowest BCUT2D eigenvalue weighted by Crippen LogP contribution is -1.75. The van der Waals surface area contributed by atoms with E-state index in [0.29, 0.717) is 0 Å². The van der Waals surface area contributed by atoms with Gasteiger partial charge in [-0.15, -0.1) is 0 Å². The molecular weight excluding hydrogens is 150 g/mol. The lowest BCUT2D eigenvalue weighted by molar-refractivity contribution is 1.13. The van der Waals surface area contributed by atoms with E-state index >= 15 is 0 Å². The Balaban J connectivity index is 0.000000217. The predicted octanol–water partition coefficient (Wildman–Crippen LogP) is 1.88. The van der Waals surface area contributed by atoms with Crippen molar-refractivity contribution in [2.75, 3.05) is 6.54 Å². The molecule has 0 N–H and O–H groups in total. The van der Waals surface area contributed by atoms with Crippen molar-refractivity contribution in [3.63, 3.8) is 0 Å². The van der Waals surface area contributed by atoms with Crippen LogP contribution in [0.25, 0.3) is 0 Å². The third-order valence-electron chi connectivity index (χ3n) is 1.05. The maximum atomic E-state index is 3.85. The number of rotatable bonds is 1. The van der Waals surface area contributed by atoms with E-state index in [1.807, 2.05) is 20.8 Å². The van der Waals surface area contributed by atoms with Gasteiger partial charge in [0.1, 0.15) is 6.33 Å². The highest BCUT2D eigenvalue weighted by Gasteiger charge is 1.74. The molecule has 0 saturated heterocycles. The van der Waals surface area contributed by atoms with Gasteiger partial charge in [0.05, 0.1) is 0 Å². The Labute approximate surface area is 73.6 Å². The minimum absolute atomic E-state index is 0.913. The first-order valence-electron chi connectivity index (χ1n) is 3.97. The monoisotopic (exact) mass is 165 g/mol. The van der Waals surface area contributed by atoms with Crippen molar-refractivity contribution >= 4 is 6.21 Å². The third kappa shape index (κ3) is 6.86. The van der Waals surface area contributed by atoms with Gasteiger partial charge in [0, 0.05) is 18.9 Å². The van der Waals surface area contributed by atoms with Crippen LogP contribution in [0.3, 0.4) is 0 Å². The molecule has 0 aliphatic heterocycles. The second-order valence-electron chi connectivity index (χ2n) is 2.17. The van der Waals surface area contributed by atoms with Gasteiger partial charge in [-0.3, -0.25) is 4.99 Å². The normalized spacial score (nSPS) is 9.25. The molecule has 0 aromatic carbocycles. The second kappa shape index (κ2) is 7.85. The van der Waals surface area contributed by atoms with Crippen LogP contribution >= 0.6 is 0 Å². The van der Waals surface area contributed by atoms with Gasteiger partial charge in [-0.1, -0.05) is 0 Å². The molecule has 0 aliphatic carbocycles. The second-order valence-corrected chi connectivity index (χ2v) is 2.17. The van der Waals surface area contributed by atoms with E-state index in [4.69, 9.17) is 0 Å². The van der Waals surface area contributed by atoms with Gasteiger partial charge in [0.2, 0.25) is 0 Å². The van der Waals surface area contributed by atoms with E-state index in [0.717, 1.165) is 12.1 Å². The van der Waals surface area contributed by atoms with Crippen LogP contribution in [-0.4, -0.2) is 22.7 Å². The molecule has 1 rings (SSSR count). The van der Waals surface area contributed by atoms with Gasteiger partial charge in [-0.05, 0) is 32.5 Å². The van der Waals surface area contributed by atoms with Gasteiger partial charge in [0.25, 0.3) is 0 Å². The van der Waals surface area contributed by atoms with E-state index in [2.05, 4.69) is 15.0 Å². The summed E-state index contributed by atoms with van der Waals surface area (Å²) in [7, 11) is 0. The molecule has 3 heteroatoms. The fraction of sp³-hybridized carbons (Fsp3) is 0.444. The highest BCUT2D eigenvalue weighted by atomic mass is 14.8. The molecule has 0 bridgehead atoms. The van der Waals surface area contributed by atoms with Crippen LogP contribution in [-0.2, 0) is 0 Å². The molecule has 0 saturated carbocycles. The van der Waals surface area contributed by atoms with Gasteiger partial charge in [-0.25, -0.2) is 9.97 Å². The molecule has 0 radical (unpaired) electrons. The molecule has 0 aliphatic rings. The molecule has 0 amide bonds. The lowest BCUT2D eigenvalue weighted by Gasteiger charge is -1.81. The van der Waals surface area contributed by atoms with E-state index in [1.165, 1.54) is 6.33 Å². The Bertz CT molecular complexity index is 206. The Morgan fingerprint density at radius 2 is 2.00 bits per heavy atom. The van der Waals surface area contributed by atoms with E-state index in [-0.39, 0.29) is 0 Å². The minimum atomic E-state index is 0.913. The molecule has 1 aromatic rings. The molecule has 66 valence electrons. The van der Waals surface area contributed by atoms with Crippen molar-refractivity contribution in [2.24, 2.45) is 4.99 Å². The Hall–Kier alpha value is -1.25. The zero-order valence-electron chi connectivity index (χ0n) is 7.86. The number of hydrogen-bond acceptors (Lipinski definition) is 3. The third-order valence-corrected chi connectivity index (χ3v) is 1.05. The first-order valence-corrected chi connectivity index (χ1v) is 3.97. The topological polar surface area (TPSA) is 38.1 Å². The molecular formula is C9H15N3. The highest BCUT2D eigenvalue weighted by molar-refractivity contribution is 5.52. The number of aliphatic imine (C=N–C) groups is 1. The van der Waals surface area contributed by atoms with E-state index < -0.39 is 0 Å². The minimum Gasteiger partial charge on any atom is -0.298 e. The zero-order valence-corrected chi connectivity index (χ0v) is 7.86. The van der Waals surface area contributed by atoms with Crippen LogP contribution in [0.2, 0.25) is 0 Å². The van der Waals surface area contributed by atoms with Crippen molar-refractivity contribution in [1.82, 2.24) is 9.97 Å². The van der Waals surface area contributed by atoms with Crippen molar-refractivity contribution < 1.29 is 0 Å². The number of aromatic nitrogens is 2. The lowest BCUT2D eigenvalue weighted by atomic mass is 10.4. The first kappa shape index (κ1) is 10.8. The van der Waals surface area contributed by atoms with Crippen molar-refractivity contribution in [1.29, 1.82) is 0 Å². The summed E-state index contributed by atoms with van der Waals surface area (Å²) in [5, 5.41) is 0. The molecule has 1 aromatic heterocycles. The Kier molecular flexibility index (Phi) is 7.03. The molecule has 0 fully saturated rings. The van der Waals surface area contributed by atoms with Crippen LogP contribution < -0.4 is 0 Å². The summed E-state index contributed by atoms with van der Waals surface area (Å²) < 4.78 is 0.